The molecule has 0 aliphatic heterocycles. The lowest BCUT2D eigenvalue weighted by Crippen LogP contribution is -2.36. The van der Waals surface area contributed by atoms with Crippen LogP contribution in [0.3, 0.4) is 0 Å². The fourth-order valence-corrected chi connectivity index (χ4v) is 3.29. The molecule has 4 nitrogen and oxygen atoms in total. The molecule has 24 heavy (non-hydrogen) atoms. The number of amides is 1. The second kappa shape index (κ2) is 7.62. The van der Waals surface area contributed by atoms with Gasteiger partial charge < -0.3 is 0 Å². The van der Waals surface area contributed by atoms with Crippen molar-refractivity contribution in [1.82, 2.24) is 4.31 Å². The number of hydrogen-bond acceptors (Lipinski definition) is 3. The summed E-state index contributed by atoms with van der Waals surface area (Å²) in [6.45, 7) is 1.53. The van der Waals surface area contributed by atoms with Crippen LogP contribution in [0.15, 0.2) is 65.6 Å². The van der Waals surface area contributed by atoms with Gasteiger partial charge >= 0.3 is 0 Å². The van der Waals surface area contributed by atoms with Gasteiger partial charge in [-0.05, 0) is 30.7 Å². The number of sulfonamides is 1. The first-order valence-corrected chi connectivity index (χ1v) is 8.69. The molecule has 1 amide bonds. The highest BCUT2D eigenvalue weighted by Crippen LogP contribution is 2.17. The molecule has 5 heteroatoms. The summed E-state index contributed by atoms with van der Waals surface area (Å²) in [6, 6.07) is 15.4. The van der Waals surface area contributed by atoms with Gasteiger partial charge in [-0.15, -0.1) is 6.42 Å². The summed E-state index contributed by atoms with van der Waals surface area (Å²) in [5, 5.41) is 0. The van der Waals surface area contributed by atoms with Crippen LogP contribution < -0.4 is 0 Å². The van der Waals surface area contributed by atoms with E-state index in [2.05, 4.69) is 5.92 Å². The van der Waals surface area contributed by atoms with Crippen molar-refractivity contribution in [2.24, 2.45) is 0 Å². The SMILES string of the molecule is C#CCN(C(=O)/C=C/c1ccccc1)S(=O)(=O)c1ccc(C)cc1. The second-order valence-electron chi connectivity index (χ2n) is 5.11. The molecular formula is C19H17NO3S. The standard InChI is InChI=1S/C19H17NO3S/c1-3-15-20(19(21)14-11-17-7-5-4-6-8-17)24(22,23)18-12-9-16(2)10-13-18/h1,4-14H,15H2,2H3/b14-11+. The predicted molar refractivity (Wildman–Crippen MR) is 94.4 cm³/mol. The van der Waals surface area contributed by atoms with E-state index >= 15 is 0 Å². The average molecular weight is 339 g/mol. The number of carbonyl (C=O) groups is 1. The first kappa shape index (κ1) is 17.5. The van der Waals surface area contributed by atoms with Gasteiger partial charge in [0, 0.05) is 6.08 Å². The minimum absolute atomic E-state index is 0.0322. The van der Waals surface area contributed by atoms with Gasteiger partial charge in [-0.3, -0.25) is 4.79 Å². The maximum Gasteiger partial charge on any atom is 0.267 e. The average Bonchev–Trinajstić information content (AvgIpc) is 2.58. The van der Waals surface area contributed by atoms with Gasteiger partial charge in [0.1, 0.15) is 0 Å². The lowest BCUT2D eigenvalue weighted by molar-refractivity contribution is -0.121. The number of rotatable bonds is 5. The van der Waals surface area contributed by atoms with E-state index in [1.54, 1.807) is 18.2 Å². The summed E-state index contributed by atoms with van der Waals surface area (Å²) >= 11 is 0. The first-order valence-electron chi connectivity index (χ1n) is 7.25. The van der Waals surface area contributed by atoms with E-state index in [0.717, 1.165) is 11.1 Å². The van der Waals surface area contributed by atoms with Gasteiger partial charge in [0.05, 0.1) is 11.4 Å². The zero-order valence-electron chi connectivity index (χ0n) is 13.2. The van der Waals surface area contributed by atoms with Gasteiger partial charge in [0.2, 0.25) is 0 Å². The number of hydrogen-bond donors (Lipinski definition) is 0. The van der Waals surface area contributed by atoms with Crippen molar-refractivity contribution in [1.29, 1.82) is 0 Å². The number of nitrogens with zero attached hydrogens (tertiary/aromatic N) is 1. The normalized spacial score (nSPS) is 11.2. The second-order valence-corrected chi connectivity index (χ2v) is 6.97. The Morgan fingerprint density at radius 3 is 2.33 bits per heavy atom. The zero-order valence-corrected chi connectivity index (χ0v) is 14.0. The summed E-state index contributed by atoms with van der Waals surface area (Å²) in [5.74, 6) is 1.54. The molecule has 0 bridgehead atoms. The lowest BCUT2D eigenvalue weighted by Gasteiger charge is -2.18. The van der Waals surface area contributed by atoms with Crippen LogP contribution in [0.2, 0.25) is 0 Å². The van der Waals surface area contributed by atoms with Gasteiger partial charge in [0.15, 0.2) is 0 Å². The van der Waals surface area contributed by atoms with E-state index in [1.807, 2.05) is 37.3 Å². The predicted octanol–water partition coefficient (Wildman–Crippen LogP) is 2.86. The Kier molecular flexibility index (Phi) is 5.56. The van der Waals surface area contributed by atoms with E-state index < -0.39 is 15.9 Å². The molecule has 0 aromatic heterocycles. The molecule has 2 aromatic rings. The van der Waals surface area contributed by atoms with Gasteiger partial charge in [-0.2, -0.15) is 0 Å². The highest BCUT2D eigenvalue weighted by Gasteiger charge is 2.27. The Balaban J connectivity index is 2.31. The van der Waals surface area contributed by atoms with Gasteiger partial charge in [0.25, 0.3) is 15.9 Å². The summed E-state index contributed by atoms with van der Waals surface area (Å²) < 4.78 is 26.0. The van der Waals surface area contributed by atoms with Crippen LogP contribution in [-0.2, 0) is 14.8 Å². The van der Waals surface area contributed by atoms with E-state index in [0.29, 0.717) is 4.31 Å². The molecule has 0 spiro atoms. The van der Waals surface area contributed by atoms with Crippen molar-refractivity contribution < 1.29 is 13.2 Å². The van der Waals surface area contributed by atoms with Crippen molar-refractivity contribution in [2.75, 3.05) is 6.54 Å². The van der Waals surface area contributed by atoms with Crippen LogP contribution in [0.1, 0.15) is 11.1 Å². The highest BCUT2D eigenvalue weighted by molar-refractivity contribution is 7.89. The Morgan fingerprint density at radius 1 is 1.12 bits per heavy atom. The van der Waals surface area contributed by atoms with Crippen LogP contribution in [0.5, 0.6) is 0 Å². The monoisotopic (exact) mass is 339 g/mol. The molecule has 0 aliphatic carbocycles. The maximum absolute atomic E-state index is 12.7. The minimum atomic E-state index is -3.99. The van der Waals surface area contributed by atoms with Crippen LogP contribution in [0.4, 0.5) is 0 Å². The zero-order chi connectivity index (χ0) is 17.6. The number of aryl methyl sites for hydroxylation is 1. The number of terminal acetylenes is 1. The third kappa shape index (κ3) is 4.12. The Hall–Kier alpha value is -2.84. The largest absolute Gasteiger partial charge is 0.269 e. The lowest BCUT2D eigenvalue weighted by atomic mass is 10.2. The highest BCUT2D eigenvalue weighted by atomic mass is 32.2. The fraction of sp³-hybridized carbons (Fsp3) is 0.105. The van der Waals surface area contributed by atoms with E-state index in [9.17, 15) is 13.2 Å². The molecule has 2 aromatic carbocycles. The van der Waals surface area contributed by atoms with Gasteiger partial charge in [-0.25, -0.2) is 12.7 Å². The molecule has 2 rings (SSSR count). The van der Waals surface area contributed by atoms with Crippen molar-refractivity contribution in [3.05, 3.63) is 71.8 Å². The molecule has 122 valence electrons. The Bertz CT molecular complexity index is 876. The third-order valence-corrected chi connectivity index (χ3v) is 5.06. The van der Waals surface area contributed by atoms with E-state index in [1.165, 1.54) is 18.2 Å². The molecule has 0 fully saturated rings. The molecule has 0 unspecified atom stereocenters. The molecule has 0 saturated heterocycles. The van der Waals surface area contributed by atoms with Crippen molar-refractivity contribution >= 4 is 22.0 Å². The molecule has 0 aliphatic rings. The fourth-order valence-electron chi connectivity index (χ4n) is 2.02. The molecule has 0 saturated carbocycles. The molecule has 0 radical (unpaired) electrons. The van der Waals surface area contributed by atoms with Crippen molar-refractivity contribution in [3.63, 3.8) is 0 Å². The summed E-state index contributed by atoms with van der Waals surface area (Å²) in [4.78, 5) is 12.4. The molecular weight excluding hydrogens is 322 g/mol. The van der Waals surface area contributed by atoms with E-state index in [4.69, 9.17) is 6.42 Å². The van der Waals surface area contributed by atoms with Crippen LogP contribution >= 0.6 is 0 Å². The Labute approximate surface area is 142 Å². The van der Waals surface area contributed by atoms with Crippen molar-refractivity contribution in [3.8, 4) is 12.3 Å². The van der Waals surface area contributed by atoms with Crippen molar-refractivity contribution in [2.45, 2.75) is 11.8 Å². The summed E-state index contributed by atoms with van der Waals surface area (Å²) in [5.41, 5.74) is 1.71. The van der Waals surface area contributed by atoms with E-state index in [-0.39, 0.29) is 11.4 Å². The van der Waals surface area contributed by atoms with Crippen LogP contribution in [0, 0.1) is 19.3 Å². The van der Waals surface area contributed by atoms with Gasteiger partial charge in [-0.1, -0.05) is 53.9 Å². The number of benzene rings is 2. The van der Waals surface area contributed by atoms with Crippen LogP contribution in [0.25, 0.3) is 6.08 Å². The summed E-state index contributed by atoms with van der Waals surface area (Å²) in [7, 11) is -3.99. The third-order valence-electron chi connectivity index (χ3n) is 3.31. The molecule has 0 atom stereocenters. The number of carbonyl (C=O) groups excluding carboxylic acids is 1. The Morgan fingerprint density at radius 2 is 1.75 bits per heavy atom. The topological polar surface area (TPSA) is 54.5 Å². The summed E-state index contributed by atoms with van der Waals surface area (Å²) in [6.07, 6.45) is 8.00. The maximum atomic E-state index is 12.7. The molecule has 0 N–H and O–H groups in total. The quantitative estimate of drug-likeness (QED) is 0.622. The van der Waals surface area contributed by atoms with Crippen LogP contribution in [-0.4, -0.2) is 25.2 Å². The molecule has 0 heterocycles. The first-order chi connectivity index (χ1) is 11.4. The minimum Gasteiger partial charge on any atom is -0.269 e. The smallest absolute Gasteiger partial charge is 0.267 e.